The van der Waals surface area contributed by atoms with E-state index in [9.17, 15) is 18.0 Å². The van der Waals surface area contributed by atoms with Crippen LogP contribution in [0.3, 0.4) is 0 Å². The largest absolute Gasteiger partial charge is 0.352 e. The van der Waals surface area contributed by atoms with E-state index in [1.54, 1.807) is 42.5 Å². The first kappa shape index (κ1) is 30.4. The number of benzene rings is 3. The van der Waals surface area contributed by atoms with Crippen molar-refractivity contribution in [2.75, 3.05) is 10.8 Å². The summed E-state index contributed by atoms with van der Waals surface area (Å²) in [6, 6.07) is 21.8. The highest BCUT2D eigenvalue weighted by molar-refractivity contribution is 9.10. The van der Waals surface area contributed by atoms with Gasteiger partial charge in [-0.2, -0.15) is 0 Å². The van der Waals surface area contributed by atoms with E-state index >= 15 is 0 Å². The van der Waals surface area contributed by atoms with Gasteiger partial charge in [0.05, 0.1) is 10.6 Å². The second kappa shape index (κ2) is 13.8. The molecule has 0 saturated heterocycles. The first-order chi connectivity index (χ1) is 18.6. The van der Waals surface area contributed by atoms with Crippen molar-refractivity contribution in [3.05, 3.63) is 94.5 Å². The Labute approximate surface area is 240 Å². The van der Waals surface area contributed by atoms with E-state index in [0.717, 1.165) is 21.9 Å². The van der Waals surface area contributed by atoms with Crippen molar-refractivity contribution in [1.29, 1.82) is 0 Å². The van der Waals surface area contributed by atoms with Crippen LogP contribution in [0.1, 0.15) is 44.7 Å². The lowest BCUT2D eigenvalue weighted by molar-refractivity contribution is -0.140. The molecule has 1 N–H and O–H groups in total. The van der Waals surface area contributed by atoms with Gasteiger partial charge >= 0.3 is 0 Å². The molecule has 0 bridgehead atoms. The number of carbonyl (C=O) groups is 2. The molecule has 208 valence electrons. The lowest BCUT2D eigenvalue weighted by atomic mass is 10.1. The lowest BCUT2D eigenvalue weighted by Crippen LogP contribution is -2.53. The SMILES string of the molecule is CC[C@H](C)NC(=O)[C@H](CC)N(Cc1cccc(C)c1)C(=O)CN(c1cccc(Br)c1)S(=O)(=O)c1ccccc1. The van der Waals surface area contributed by atoms with Gasteiger partial charge in [-0.3, -0.25) is 13.9 Å². The average molecular weight is 615 g/mol. The number of nitrogens with zero attached hydrogens (tertiary/aromatic N) is 2. The van der Waals surface area contributed by atoms with Crippen LogP contribution in [-0.4, -0.2) is 43.8 Å². The zero-order chi connectivity index (χ0) is 28.6. The molecule has 39 heavy (non-hydrogen) atoms. The fourth-order valence-electron chi connectivity index (χ4n) is 4.25. The molecule has 0 aromatic heterocycles. The molecule has 0 aliphatic rings. The highest BCUT2D eigenvalue weighted by Crippen LogP contribution is 2.27. The van der Waals surface area contributed by atoms with Gasteiger partial charge in [0.2, 0.25) is 11.8 Å². The molecule has 7 nitrogen and oxygen atoms in total. The molecule has 2 amide bonds. The van der Waals surface area contributed by atoms with Crippen LogP contribution in [0, 0.1) is 6.92 Å². The quantitative estimate of drug-likeness (QED) is 0.285. The highest BCUT2D eigenvalue weighted by atomic mass is 79.9. The summed E-state index contributed by atoms with van der Waals surface area (Å²) in [5.74, 6) is -0.727. The van der Waals surface area contributed by atoms with Crippen LogP contribution in [-0.2, 0) is 26.2 Å². The van der Waals surface area contributed by atoms with Crippen molar-refractivity contribution in [3.63, 3.8) is 0 Å². The van der Waals surface area contributed by atoms with Crippen molar-refractivity contribution in [2.24, 2.45) is 0 Å². The van der Waals surface area contributed by atoms with Crippen LogP contribution >= 0.6 is 15.9 Å². The van der Waals surface area contributed by atoms with Gasteiger partial charge < -0.3 is 10.2 Å². The summed E-state index contributed by atoms with van der Waals surface area (Å²) in [5, 5.41) is 2.99. The number of sulfonamides is 1. The summed E-state index contributed by atoms with van der Waals surface area (Å²) in [5.41, 5.74) is 2.23. The molecule has 3 rings (SSSR count). The Kier molecular flexibility index (Phi) is 10.7. The number of halogens is 1. The molecule has 0 spiro atoms. The average Bonchev–Trinajstić information content (AvgIpc) is 2.91. The van der Waals surface area contributed by atoms with Crippen LogP contribution in [0.4, 0.5) is 5.69 Å². The molecule has 3 aromatic carbocycles. The van der Waals surface area contributed by atoms with Gasteiger partial charge in [0, 0.05) is 17.1 Å². The summed E-state index contributed by atoms with van der Waals surface area (Å²) in [6.07, 6.45) is 1.13. The highest BCUT2D eigenvalue weighted by Gasteiger charge is 2.34. The molecule has 0 saturated carbocycles. The summed E-state index contributed by atoms with van der Waals surface area (Å²) >= 11 is 3.41. The molecule has 0 aliphatic heterocycles. The second-order valence-electron chi connectivity index (χ2n) is 9.56. The molecule has 9 heteroatoms. The molecule has 0 heterocycles. The minimum atomic E-state index is -4.09. The van der Waals surface area contributed by atoms with Gasteiger partial charge in [-0.1, -0.05) is 83.9 Å². The number of anilines is 1. The molecule has 0 fully saturated rings. The molecular formula is C30H36BrN3O4S. The lowest BCUT2D eigenvalue weighted by Gasteiger charge is -2.33. The maximum atomic E-state index is 14.1. The predicted molar refractivity (Wildman–Crippen MR) is 159 cm³/mol. The monoisotopic (exact) mass is 613 g/mol. The third kappa shape index (κ3) is 7.92. The van der Waals surface area contributed by atoms with Crippen molar-refractivity contribution >= 4 is 43.5 Å². The Morgan fingerprint density at radius 3 is 2.23 bits per heavy atom. The third-order valence-corrected chi connectivity index (χ3v) is 8.81. The molecule has 0 radical (unpaired) electrons. The predicted octanol–water partition coefficient (Wildman–Crippen LogP) is 5.67. The Morgan fingerprint density at radius 2 is 1.62 bits per heavy atom. The number of hydrogen-bond acceptors (Lipinski definition) is 4. The van der Waals surface area contributed by atoms with Gasteiger partial charge in [-0.05, 0) is 62.6 Å². The third-order valence-electron chi connectivity index (χ3n) is 6.53. The standard InChI is InChI=1S/C30H36BrN3O4S/c1-5-23(4)32-30(36)28(6-2)33(20-24-13-10-12-22(3)18-24)29(35)21-34(26-15-11-14-25(31)19-26)39(37,38)27-16-8-7-9-17-27/h7-19,23,28H,5-6,20-21H2,1-4H3,(H,32,36)/t23-,28-/m0/s1. The van der Waals surface area contributed by atoms with Crippen LogP contribution in [0.2, 0.25) is 0 Å². The number of nitrogens with one attached hydrogen (secondary N) is 1. The normalized spacial score (nSPS) is 12.8. The number of aryl methyl sites for hydroxylation is 1. The minimum absolute atomic E-state index is 0.0564. The number of rotatable bonds is 12. The Morgan fingerprint density at radius 1 is 0.923 bits per heavy atom. The van der Waals surface area contributed by atoms with Crippen LogP contribution < -0.4 is 9.62 Å². The van der Waals surface area contributed by atoms with E-state index in [-0.39, 0.29) is 23.4 Å². The number of amides is 2. The van der Waals surface area contributed by atoms with Crippen molar-refractivity contribution in [2.45, 2.75) is 64.1 Å². The number of carbonyl (C=O) groups excluding carboxylic acids is 2. The Balaban J connectivity index is 2.05. The summed E-state index contributed by atoms with van der Waals surface area (Å²) in [7, 11) is -4.09. The van der Waals surface area contributed by atoms with E-state index in [1.165, 1.54) is 17.0 Å². The second-order valence-corrected chi connectivity index (χ2v) is 12.3. The summed E-state index contributed by atoms with van der Waals surface area (Å²) in [6.45, 7) is 7.41. The zero-order valence-electron chi connectivity index (χ0n) is 22.8. The van der Waals surface area contributed by atoms with E-state index < -0.39 is 28.5 Å². The molecule has 0 aliphatic carbocycles. The number of hydrogen-bond donors (Lipinski definition) is 1. The van der Waals surface area contributed by atoms with Gasteiger partial charge in [0.25, 0.3) is 10.0 Å². The molecule has 2 atom stereocenters. The fraction of sp³-hybridized carbons (Fsp3) is 0.333. The smallest absolute Gasteiger partial charge is 0.264 e. The minimum Gasteiger partial charge on any atom is -0.352 e. The summed E-state index contributed by atoms with van der Waals surface area (Å²) < 4.78 is 29.4. The first-order valence-corrected chi connectivity index (χ1v) is 15.3. The topological polar surface area (TPSA) is 86.8 Å². The maximum absolute atomic E-state index is 14.1. The van der Waals surface area contributed by atoms with E-state index in [0.29, 0.717) is 16.6 Å². The first-order valence-electron chi connectivity index (χ1n) is 13.1. The fourth-order valence-corrected chi connectivity index (χ4v) is 6.06. The molecule has 3 aromatic rings. The van der Waals surface area contributed by atoms with Crippen LogP contribution in [0.15, 0.2) is 88.2 Å². The van der Waals surface area contributed by atoms with Crippen LogP contribution in [0.25, 0.3) is 0 Å². The van der Waals surface area contributed by atoms with Gasteiger partial charge in [-0.15, -0.1) is 0 Å². The van der Waals surface area contributed by atoms with Crippen molar-refractivity contribution in [1.82, 2.24) is 10.2 Å². The Bertz CT molecular complexity index is 1380. The van der Waals surface area contributed by atoms with E-state index in [4.69, 9.17) is 0 Å². The Hall–Kier alpha value is -3.17. The van der Waals surface area contributed by atoms with E-state index in [1.807, 2.05) is 52.0 Å². The van der Waals surface area contributed by atoms with Gasteiger partial charge in [0.1, 0.15) is 12.6 Å². The zero-order valence-corrected chi connectivity index (χ0v) is 25.2. The van der Waals surface area contributed by atoms with Crippen molar-refractivity contribution < 1.29 is 18.0 Å². The van der Waals surface area contributed by atoms with Crippen LogP contribution in [0.5, 0.6) is 0 Å². The van der Waals surface area contributed by atoms with Gasteiger partial charge in [-0.25, -0.2) is 8.42 Å². The molecule has 0 unspecified atom stereocenters. The van der Waals surface area contributed by atoms with Gasteiger partial charge in [0.15, 0.2) is 0 Å². The maximum Gasteiger partial charge on any atom is 0.264 e. The molecular weight excluding hydrogens is 578 g/mol. The van der Waals surface area contributed by atoms with Crippen molar-refractivity contribution in [3.8, 4) is 0 Å². The van der Waals surface area contributed by atoms with E-state index in [2.05, 4.69) is 21.2 Å². The summed E-state index contributed by atoms with van der Waals surface area (Å²) in [4.78, 5) is 29.0.